The highest BCUT2D eigenvalue weighted by molar-refractivity contribution is 5.76. The van der Waals surface area contributed by atoms with Crippen LogP contribution in [0.2, 0.25) is 0 Å². The molecule has 0 aromatic carbocycles. The first-order valence-electron chi connectivity index (χ1n) is 5.19. The number of ether oxygens (including phenoxy) is 1. The molecule has 7 nitrogen and oxygen atoms in total. The first kappa shape index (κ1) is 10.9. The van der Waals surface area contributed by atoms with Crippen molar-refractivity contribution < 1.29 is 9.53 Å². The third-order valence-electron chi connectivity index (χ3n) is 2.54. The third-order valence-corrected chi connectivity index (χ3v) is 2.54. The highest BCUT2D eigenvalue weighted by atomic mass is 16.5. The van der Waals surface area contributed by atoms with Crippen LogP contribution in [0.3, 0.4) is 0 Å². The lowest BCUT2D eigenvalue weighted by Gasteiger charge is -2.33. The summed E-state index contributed by atoms with van der Waals surface area (Å²) < 4.78 is 6.71. The van der Waals surface area contributed by atoms with Crippen molar-refractivity contribution in [2.45, 2.75) is 19.5 Å². The average molecular weight is 225 g/mol. The molecule has 1 aliphatic heterocycles. The van der Waals surface area contributed by atoms with Gasteiger partial charge in [-0.05, 0) is 6.92 Å². The highest BCUT2D eigenvalue weighted by Gasteiger charge is 2.23. The molecule has 2 rings (SSSR count). The van der Waals surface area contributed by atoms with Crippen molar-refractivity contribution in [2.24, 2.45) is 0 Å². The van der Waals surface area contributed by atoms with Gasteiger partial charge in [0, 0.05) is 6.54 Å². The van der Waals surface area contributed by atoms with E-state index in [0.29, 0.717) is 19.8 Å². The summed E-state index contributed by atoms with van der Waals surface area (Å²) in [5, 5.41) is 3.88. The Morgan fingerprint density at radius 1 is 1.75 bits per heavy atom. The number of nitrogens with zero attached hydrogens (tertiary/aromatic N) is 4. The topological polar surface area (TPSA) is 86.3 Å². The Morgan fingerprint density at radius 2 is 2.56 bits per heavy atom. The van der Waals surface area contributed by atoms with Gasteiger partial charge in [-0.3, -0.25) is 4.79 Å². The summed E-state index contributed by atoms with van der Waals surface area (Å²) in [6.07, 6.45) is 1.46. The van der Waals surface area contributed by atoms with Crippen LogP contribution in [0, 0.1) is 0 Å². The summed E-state index contributed by atoms with van der Waals surface area (Å²) in [6, 6.07) is 0.113. The maximum atomic E-state index is 11.9. The van der Waals surface area contributed by atoms with Gasteiger partial charge < -0.3 is 15.4 Å². The number of rotatable bonds is 2. The molecule has 1 amide bonds. The van der Waals surface area contributed by atoms with E-state index in [1.165, 1.54) is 11.0 Å². The predicted molar refractivity (Wildman–Crippen MR) is 56.4 cm³/mol. The molecule has 1 saturated heterocycles. The number of hydrogen-bond acceptors (Lipinski definition) is 5. The largest absolute Gasteiger partial charge is 0.377 e. The minimum absolute atomic E-state index is 0.0145. The molecule has 0 aliphatic carbocycles. The molecule has 7 heteroatoms. The van der Waals surface area contributed by atoms with Gasteiger partial charge >= 0.3 is 0 Å². The van der Waals surface area contributed by atoms with Crippen molar-refractivity contribution in [3.63, 3.8) is 0 Å². The molecule has 1 aromatic rings. The lowest BCUT2D eigenvalue weighted by molar-refractivity contribution is -0.139. The van der Waals surface area contributed by atoms with Crippen molar-refractivity contribution >= 4 is 11.9 Å². The lowest BCUT2D eigenvalue weighted by Crippen LogP contribution is -2.48. The SMILES string of the molecule is CC1COCCN1C(=O)Cn1cnc(N)n1. The van der Waals surface area contributed by atoms with Crippen molar-refractivity contribution in [1.29, 1.82) is 0 Å². The molecule has 1 atom stereocenters. The first-order valence-corrected chi connectivity index (χ1v) is 5.19. The van der Waals surface area contributed by atoms with Crippen LogP contribution in [-0.4, -0.2) is 51.4 Å². The molecule has 2 N–H and O–H groups in total. The summed E-state index contributed by atoms with van der Waals surface area (Å²) in [5.74, 6) is 0.198. The Morgan fingerprint density at radius 3 is 3.19 bits per heavy atom. The standard InChI is InChI=1S/C9H15N5O2/c1-7-5-16-3-2-14(7)8(15)4-13-6-11-9(10)12-13/h6-7H,2-5H2,1H3,(H2,10,12). The molecular weight excluding hydrogens is 210 g/mol. The van der Waals surface area contributed by atoms with Crippen LogP contribution in [0.15, 0.2) is 6.33 Å². The van der Waals surface area contributed by atoms with E-state index in [9.17, 15) is 4.79 Å². The number of carbonyl (C=O) groups excluding carboxylic acids is 1. The summed E-state index contributed by atoms with van der Waals surface area (Å²) in [6.45, 7) is 3.95. The summed E-state index contributed by atoms with van der Waals surface area (Å²) in [7, 11) is 0. The Kier molecular flexibility index (Phi) is 3.04. The van der Waals surface area contributed by atoms with Gasteiger partial charge in [-0.1, -0.05) is 0 Å². The van der Waals surface area contributed by atoms with E-state index in [-0.39, 0.29) is 24.4 Å². The Balaban J connectivity index is 1.96. The zero-order chi connectivity index (χ0) is 11.5. The molecule has 88 valence electrons. The first-order chi connectivity index (χ1) is 7.66. The zero-order valence-corrected chi connectivity index (χ0v) is 9.17. The van der Waals surface area contributed by atoms with Gasteiger partial charge in [-0.15, -0.1) is 5.10 Å². The number of nitrogen functional groups attached to an aromatic ring is 1. The molecule has 1 aliphatic rings. The molecule has 0 saturated carbocycles. The number of morpholine rings is 1. The molecule has 2 heterocycles. The Hall–Kier alpha value is -1.63. The van der Waals surface area contributed by atoms with E-state index in [4.69, 9.17) is 10.5 Å². The second-order valence-electron chi connectivity index (χ2n) is 3.81. The van der Waals surface area contributed by atoms with Crippen LogP contribution in [0.1, 0.15) is 6.92 Å². The van der Waals surface area contributed by atoms with Crippen LogP contribution in [0.25, 0.3) is 0 Å². The third kappa shape index (κ3) is 2.30. The summed E-state index contributed by atoms with van der Waals surface area (Å²) >= 11 is 0. The minimum Gasteiger partial charge on any atom is -0.377 e. The van der Waals surface area contributed by atoms with E-state index in [1.807, 2.05) is 6.92 Å². The van der Waals surface area contributed by atoms with Crippen molar-refractivity contribution in [3.8, 4) is 0 Å². The molecular formula is C9H15N5O2. The molecule has 0 spiro atoms. The molecule has 1 fully saturated rings. The Labute approximate surface area is 93.2 Å². The quantitative estimate of drug-likeness (QED) is 0.705. The fourth-order valence-corrected chi connectivity index (χ4v) is 1.71. The van der Waals surface area contributed by atoms with Gasteiger partial charge in [0.15, 0.2) is 0 Å². The Bertz CT molecular complexity index is 378. The van der Waals surface area contributed by atoms with Gasteiger partial charge in [0.05, 0.1) is 19.3 Å². The predicted octanol–water partition coefficient (Wildman–Crippen LogP) is -0.892. The van der Waals surface area contributed by atoms with Gasteiger partial charge in [0.25, 0.3) is 0 Å². The van der Waals surface area contributed by atoms with Crippen molar-refractivity contribution in [1.82, 2.24) is 19.7 Å². The van der Waals surface area contributed by atoms with E-state index in [2.05, 4.69) is 10.1 Å². The normalized spacial score (nSPS) is 21.1. The monoisotopic (exact) mass is 225 g/mol. The van der Waals surface area contributed by atoms with Gasteiger partial charge in [-0.2, -0.15) is 0 Å². The number of anilines is 1. The van der Waals surface area contributed by atoms with E-state index in [0.717, 1.165) is 0 Å². The highest BCUT2D eigenvalue weighted by Crippen LogP contribution is 2.07. The smallest absolute Gasteiger partial charge is 0.244 e. The van der Waals surface area contributed by atoms with Crippen LogP contribution in [0.4, 0.5) is 5.95 Å². The van der Waals surface area contributed by atoms with Gasteiger partial charge in [-0.25, -0.2) is 9.67 Å². The average Bonchev–Trinajstić information content (AvgIpc) is 2.64. The fourth-order valence-electron chi connectivity index (χ4n) is 1.71. The van der Waals surface area contributed by atoms with E-state index in [1.54, 1.807) is 4.90 Å². The van der Waals surface area contributed by atoms with Crippen LogP contribution >= 0.6 is 0 Å². The fraction of sp³-hybridized carbons (Fsp3) is 0.667. The zero-order valence-electron chi connectivity index (χ0n) is 9.17. The number of carbonyl (C=O) groups is 1. The van der Waals surface area contributed by atoms with E-state index < -0.39 is 0 Å². The van der Waals surface area contributed by atoms with Crippen molar-refractivity contribution in [2.75, 3.05) is 25.5 Å². The molecule has 1 aromatic heterocycles. The lowest BCUT2D eigenvalue weighted by atomic mass is 10.2. The maximum absolute atomic E-state index is 11.9. The molecule has 0 radical (unpaired) electrons. The van der Waals surface area contributed by atoms with Crippen LogP contribution in [-0.2, 0) is 16.1 Å². The minimum atomic E-state index is 0.0145. The van der Waals surface area contributed by atoms with Gasteiger partial charge in [0.1, 0.15) is 12.9 Å². The second-order valence-corrected chi connectivity index (χ2v) is 3.81. The maximum Gasteiger partial charge on any atom is 0.244 e. The van der Waals surface area contributed by atoms with E-state index >= 15 is 0 Å². The number of amides is 1. The van der Waals surface area contributed by atoms with Crippen LogP contribution in [0.5, 0.6) is 0 Å². The molecule has 1 unspecified atom stereocenters. The number of hydrogen-bond donors (Lipinski definition) is 1. The van der Waals surface area contributed by atoms with Gasteiger partial charge in [0.2, 0.25) is 11.9 Å². The van der Waals surface area contributed by atoms with Crippen LogP contribution < -0.4 is 5.73 Å². The summed E-state index contributed by atoms with van der Waals surface area (Å²) in [5.41, 5.74) is 5.37. The number of aromatic nitrogens is 3. The van der Waals surface area contributed by atoms with Crippen molar-refractivity contribution in [3.05, 3.63) is 6.33 Å². The number of nitrogens with two attached hydrogens (primary N) is 1. The second kappa shape index (κ2) is 4.48. The summed E-state index contributed by atoms with van der Waals surface area (Å²) in [4.78, 5) is 17.5. The molecule has 0 bridgehead atoms. The molecule has 16 heavy (non-hydrogen) atoms.